The van der Waals surface area contributed by atoms with Crippen molar-refractivity contribution in [3.05, 3.63) is 0 Å². The molecule has 98 valence electrons. The van der Waals surface area contributed by atoms with E-state index >= 15 is 0 Å². The third kappa shape index (κ3) is 2.97. The van der Waals surface area contributed by atoms with E-state index in [9.17, 15) is 9.59 Å². The molecule has 0 saturated carbocycles. The number of rotatable bonds is 4. The monoisotopic (exact) mass is 241 g/mol. The highest BCUT2D eigenvalue weighted by molar-refractivity contribution is 5.93. The fraction of sp³-hybridized carbons (Fsp3) is 0.833. The number of hydrogen-bond acceptors (Lipinski definition) is 3. The molecule has 5 nitrogen and oxygen atoms in total. The lowest BCUT2D eigenvalue weighted by Crippen LogP contribution is -2.65. The average molecular weight is 241 g/mol. The molecule has 1 aliphatic heterocycles. The van der Waals surface area contributed by atoms with Crippen molar-refractivity contribution in [1.82, 2.24) is 10.2 Å². The molecule has 5 heteroatoms. The lowest BCUT2D eigenvalue weighted by Gasteiger charge is -2.42. The topological polar surface area (TPSA) is 75.4 Å². The van der Waals surface area contributed by atoms with Gasteiger partial charge < -0.3 is 16.0 Å². The highest BCUT2D eigenvalue weighted by Gasteiger charge is 2.41. The number of nitrogens with one attached hydrogen (secondary N) is 1. The second kappa shape index (κ2) is 5.49. The zero-order valence-corrected chi connectivity index (χ0v) is 11.0. The van der Waals surface area contributed by atoms with Gasteiger partial charge in [0.1, 0.15) is 5.54 Å². The Labute approximate surface area is 103 Å². The largest absolute Gasteiger partial charge is 0.352 e. The lowest BCUT2D eigenvalue weighted by molar-refractivity contribution is -0.150. The Morgan fingerprint density at radius 3 is 2.82 bits per heavy atom. The fourth-order valence-electron chi connectivity index (χ4n) is 2.03. The standard InChI is InChI=1S/C12H23N3O2/c1-4-5-6-9(13)10(16)15-8-7-14-11(17)12(15,2)3/h9H,4-8,13H2,1-3H3,(H,14,17). The van der Waals surface area contributed by atoms with Crippen LogP contribution in [0.4, 0.5) is 0 Å². The quantitative estimate of drug-likeness (QED) is 0.740. The van der Waals surface area contributed by atoms with Gasteiger partial charge in [-0.25, -0.2) is 0 Å². The summed E-state index contributed by atoms with van der Waals surface area (Å²) in [5.41, 5.74) is 5.09. The summed E-state index contributed by atoms with van der Waals surface area (Å²) in [6.07, 6.45) is 2.64. The maximum Gasteiger partial charge on any atom is 0.245 e. The molecule has 1 aliphatic rings. The second-order valence-corrected chi connectivity index (χ2v) is 5.05. The van der Waals surface area contributed by atoms with Crippen LogP contribution < -0.4 is 11.1 Å². The van der Waals surface area contributed by atoms with E-state index in [2.05, 4.69) is 12.2 Å². The Balaban J connectivity index is 2.70. The SMILES string of the molecule is CCCCC(N)C(=O)N1CCNC(=O)C1(C)C. The minimum atomic E-state index is -0.792. The van der Waals surface area contributed by atoms with Gasteiger partial charge in [0.15, 0.2) is 0 Å². The second-order valence-electron chi connectivity index (χ2n) is 5.05. The smallest absolute Gasteiger partial charge is 0.245 e. The first-order chi connectivity index (χ1) is 7.91. The summed E-state index contributed by atoms with van der Waals surface area (Å²) in [7, 11) is 0. The van der Waals surface area contributed by atoms with Crippen molar-refractivity contribution in [3.63, 3.8) is 0 Å². The highest BCUT2D eigenvalue weighted by atomic mass is 16.2. The Morgan fingerprint density at radius 1 is 1.59 bits per heavy atom. The van der Waals surface area contributed by atoms with Crippen molar-refractivity contribution in [3.8, 4) is 0 Å². The van der Waals surface area contributed by atoms with Gasteiger partial charge in [-0.15, -0.1) is 0 Å². The number of nitrogens with zero attached hydrogens (tertiary/aromatic N) is 1. The number of nitrogens with two attached hydrogens (primary N) is 1. The first-order valence-corrected chi connectivity index (χ1v) is 6.26. The summed E-state index contributed by atoms with van der Waals surface area (Å²) in [5, 5.41) is 2.77. The maximum absolute atomic E-state index is 12.2. The first kappa shape index (κ1) is 14.0. The summed E-state index contributed by atoms with van der Waals surface area (Å²) in [5.74, 6) is -0.224. The Kier molecular flexibility index (Phi) is 4.51. The van der Waals surface area contributed by atoms with E-state index < -0.39 is 11.6 Å². The number of hydrogen-bond donors (Lipinski definition) is 2. The molecule has 1 unspecified atom stereocenters. The van der Waals surface area contributed by atoms with Crippen LogP contribution >= 0.6 is 0 Å². The van der Waals surface area contributed by atoms with Crippen LogP contribution in [-0.4, -0.2) is 41.4 Å². The molecular weight excluding hydrogens is 218 g/mol. The minimum absolute atomic E-state index is 0.111. The van der Waals surface area contributed by atoms with Gasteiger partial charge >= 0.3 is 0 Å². The molecule has 1 fully saturated rings. The van der Waals surface area contributed by atoms with Gasteiger partial charge in [0, 0.05) is 13.1 Å². The van der Waals surface area contributed by atoms with Crippen LogP contribution in [-0.2, 0) is 9.59 Å². The number of carbonyl (C=O) groups excluding carboxylic acids is 2. The van der Waals surface area contributed by atoms with E-state index in [1.807, 2.05) is 0 Å². The van der Waals surface area contributed by atoms with Gasteiger partial charge in [-0.1, -0.05) is 19.8 Å². The molecule has 2 amide bonds. The van der Waals surface area contributed by atoms with Crippen molar-refractivity contribution >= 4 is 11.8 Å². The normalized spacial score (nSPS) is 20.9. The van der Waals surface area contributed by atoms with Crippen molar-refractivity contribution in [2.75, 3.05) is 13.1 Å². The van der Waals surface area contributed by atoms with Crippen LogP contribution in [0.5, 0.6) is 0 Å². The van der Waals surface area contributed by atoms with E-state index in [1.54, 1.807) is 18.7 Å². The van der Waals surface area contributed by atoms with E-state index in [0.29, 0.717) is 19.5 Å². The molecule has 0 spiro atoms. The van der Waals surface area contributed by atoms with Gasteiger partial charge in [-0.2, -0.15) is 0 Å². The molecule has 1 heterocycles. The Morgan fingerprint density at radius 2 is 2.24 bits per heavy atom. The van der Waals surface area contributed by atoms with Crippen LogP contribution in [0.3, 0.4) is 0 Å². The van der Waals surface area contributed by atoms with Crippen molar-refractivity contribution in [2.45, 2.75) is 51.6 Å². The van der Waals surface area contributed by atoms with Crippen molar-refractivity contribution in [2.24, 2.45) is 5.73 Å². The molecular formula is C12H23N3O2. The molecule has 0 bridgehead atoms. The van der Waals surface area contributed by atoms with Crippen LogP contribution in [0, 0.1) is 0 Å². The fourth-order valence-corrected chi connectivity index (χ4v) is 2.03. The molecule has 1 saturated heterocycles. The number of carbonyl (C=O) groups is 2. The first-order valence-electron chi connectivity index (χ1n) is 6.26. The van der Waals surface area contributed by atoms with Crippen molar-refractivity contribution < 1.29 is 9.59 Å². The van der Waals surface area contributed by atoms with E-state index in [1.165, 1.54) is 0 Å². The molecule has 0 aromatic rings. The molecule has 0 aromatic heterocycles. The lowest BCUT2D eigenvalue weighted by atomic mass is 9.97. The molecule has 3 N–H and O–H groups in total. The van der Waals surface area contributed by atoms with Gasteiger partial charge in [-0.3, -0.25) is 9.59 Å². The van der Waals surface area contributed by atoms with Crippen LogP contribution in [0.15, 0.2) is 0 Å². The van der Waals surface area contributed by atoms with Gasteiger partial charge in [0.25, 0.3) is 0 Å². The summed E-state index contributed by atoms with van der Waals surface area (Å²) in [6.45, 7) is 6.62. The molecule has 0 aromatic carbocycles. The van der Waals surface area contributed by atoms with Crippen LogP contribution in [0.1, 0.15) is 40.0 Å². The minimum Gasteiger partial charge on any atom is -0.352 e. The van der Waals surface area contributed by atoms with Gasteiger partial charge in [0.2, 0.25) is 11.8 Å². The van der Waals surface area contributed by atoms with E-state index in [-0.39, 0.29) is 11.8 Å². The summed E-state index contributed by atoms with van der Waals surface area (Å²) in [4.78, 5) is 25.5. The predicted molar refractivity (Wildman–Crippen MR) is 66.3 cm³/mol. The summed E-state index contributed by atoms with van der Waals surface area (Å²) >= 11 is 0. The zero-order chi connectivity index (χ0) is 13.1. The zero-order valence-electron chi connectivity index (χ0n) is 11.0. The third-order valence-corrected chi connectivity index (χ3v) is 3.30. The maximum atomic E-state index is 12.2. The molecule has 0 aliphatic carbocycles. The number of unbranched alkanes of at least 4 members (excludes halogenated alkanes) is 1. The van der Waals surface area contributed by atoms with E-state index in [4.69, 9.17) is 5.73 Å². The molecule has 1 rings (SSSR count). The Bertz CT molecular complexity index is 302. The average Bonchev–Trinajstić information content (AvgIpc) is 2.28. The number of piperazine rings is 1. The third-order valence-electron chi connectivity index (χ3n) is 3.30. The Hall–Kier alpha value is -1.10. The highest BCUT2D eigenvalue weighted by Crippen LogP contribution is 2.19. The number of amides is 2. The van der Waals surface area contributed by atoms with Crippen LogP contribution in [0.2, 0.25) is 0 Å². The molecule has 1 atom stereocenters. The summed E-state index contributed by atoms with van der Waals surface area (Å²) < 4.78 is 0. The predicted octanol–water partition coefficient (Wildman–Crippen LogP) is 0.241. The van der Waals surface area contributed by atoms with Crippen LogP contribution in [0.25, 0.3) is 0 Å². The summed E-state index contributed by atoms with van der Waals surface area (Å²) in [6, 6.07) is -0.486. The van der Waals surface area contributed by atoms with Crippen molar-refractivity contribution in [1.29, 1.82) is 0 Å². The molecule has 0 radical (unpaired) electrons. The molecule has 17 heavy (non-hydrogen) atoms. The van der Waals surface area contributed by atoms with Gasteiger partial charge in [0.05, 0.1) is 6.04 Å². The van der Waals surface area contributed by atoms with Gasteiger partial charge in [-0.05, 0) is 20.3 Å². The van der Waals surface area contributed by atoms with E-state index in [0.717, 1.165) is 12.8 Å².